The number of aromatic nitrogens is 5. The van der Waals surface area contributed by atoms with Gasteiger partial charge in [-0.2, -0.15) is 15.0 Å². The number of ether oxygens (including phenoxy) is 1. The van der Waals surface area contributed by atoms with E-state index < -0.39 is 12.1 Å². The SMILES string of the molecule is CCC(=O)N1CCC(C(=O)NCC(=O)N2CCN(c3nc(-c4cnc(N)nc4C(F)F)nc(N4CCOCC4)n3)CC2)CC1. The van der Waals surface area contributed by atoms with E-state index >= 15 is 0 Å². The molecule has 3 saturated heterocycles. The molecule has 2 aromatic rings. The standard InChI is InChI=1S/C27H37F2N11O4/c1-2-19(41)37-5-3-17(4-6-37)24(43)31-16-20(42)38-7-9-39(10-8-38)26-34-23(18-15-32-25(30)33-21(18)22(28)29)35-27(36-26)40-11-13-44-14-12-40/h15,17,22H,2-14,16H2,1H3,(H,31,43)(H2,30,32,33). The third kappa shape index (κ3) is 7.26. The number of anilines is 3. The van der Waals surface area contributed by atoms with E-state index in [9.17, 15) is 23.2 Å². The van der Waals surface area contributed by atoms with E-state index in [-0.39, 0.29) is 53.5 Å². The Morgan fingerprint density at radius 2 is 1.52 bits per heavy atom. The van der Waals surface area contributed by atoms with Crippen LogP contribution in [0.1, 0.15) is 38.3 Å². The van der Waals surface area contributed by atoms with E-state index in [4.69, 9.17) is 10.5 Å². The first kappa shape index (κ1) is 31.2. The van der Waals surface area contributed by atoms with Crippen LogP contribution in [0.25, 0.3) is 11.4 Å². The number of hydrogen-bond acceptors (Lipinski definition) is 12. The summed E-state index contributed by atoms with van der Waals surface area (Å²) < 4.78 is 33.2. The van der Waals surface area contributed by atoms with E-state index in [1.165, 1.54) is 6.20 Å². The molecule has 0 bridgehead atoms. The summed E-state index contributed by atoms with van der Waals surface area (Å²) in [5.74, 6) is -0.211. The van der Waals surface area contributed by atoms with Crippen LogP contribution in [0.3, 0.4) is 0 Å². The lowest BCUT2D eigenvalue weighted by Crippen LogP contribution is -2.52. The highest BCUT2D eigenvalue weighted by Crippen LogP contribution is 2.30. The van der Waals surface area contributed by atoms with Crippen molar-refractivity contribution in [1.82, 2.24) is 40.0 Å². The third-order valence-corrected chi connectivity index (χ3v) is 8.04. The van der Waals surface area contributed by atoms with Crippen molar-refractivity contribution in [3.63, 3.8) is 0 Å². The van der Waals surface area contributed by atoms with Gasteiger partial charge in [0.25, 0.3) is 6.43 Å². The van der Waals surface area contributed by atoms with Gasteiger partial charge in [-0.25, -0.2) is 18.7 Å². The first-order chi connectivity index (χ1) is 21.2. The second kappa shape index (κ2) is 14.0. The number of nitrogens with one attached hydrogen (secondary N) is 1. The van der Waals surface area contributed by atoms with Crippen molar-refractivity contribution in [2.45, 2.75) is 32.6 Å². The number of nitrogens with two attached hydrogens (primary N) is 1. The van der Waals surface area contributed by atoms with Crippen molar-refractivity contribution in [3.05, 3.63) is 11.9 Å². The molecule has 3 aliphatic rings. The molecule has 0 aromatic carbocycles. The van der Waals surface area contributed by atoms with Gasteiger partial charge in [0.2, 0.25) is 35.6 Å². The average molecular weight is 618 g/mol. The number of rotatable bonds is 8. The number of halogens is 2. The van der Waals surface area contributed by atoms with Gasteiger partial charge < -0.3 is 35.4 Å². The van der Waals surface area contributed by atoms with E-state index in [2.05, 4.69) is 30.2 Å². The molecule has 5 rings (SSSR count). The molecule has 0 aliphatic carbocycles. The number of alkyl halides is 2. The summed E-state index contributed by atoms with van der Waals surface area (Å²) in [6, 6.07) is 0. The molecule has 238 valence electrons. The molecule has 15 nitrogen and oxygen atoms in total. The van der Waals surface area contributed by atoms with Gasteiger partial charge >= 0.3 is 0 Å². The van der Waals surface area contributed by atoms with E-state index in [0.29, 0.717) is 90.8 Å². The molecule has 3 aliphatic heterocycles. The predicted octanol–water partition coefficient (Wildman–Crippen LogP) is 0.0984. The molecule has 0 spiro atoms. The zero-order valence-electron chi connectivity index (χ0n) is 24.6. The maximum Gasteiger partial charge on any atom is 0.281 e. The lowest BCUT2D eigenvalue weighted by Gasteiger charge is -2.35. The van der Waals surface area contributed by atoms with E-state index in [0.717, 1.165) is 0 Å². The normalized spacial score (nSPS) is 18.1. The molecule has 0 atom stereocenters. The van der Waals surface area contributed by atoms with Crippen LogP contribution in [0.5, 0.6) is 0 Å². The summed E-state index contributed by atoms with van der Waals surface area (Å²) in [5.41, 5.74) is 4.95. The topological polar surface area (TPSA) is 176 Å². The van der Waals surface area contributed by atoms with Gasteiger partial charge in [-0.1, -0.05) is 6.92 Å². The Hall–Kier alpha value is -4.28. The van der Waals surface area contributed by atoms with Crippen molar-refractivity contribution < 1.29 is 27.9 Å². The number of carbonyl (C=O) groups is 3. The molecular weight excluding hydrogens is 580 g/mol. The van der Waals surface area contributed by atoms with Crippen molar-refractivity contribution in [3.8, 4) is 11.4 Å². The number of morpholine rings is 1. The lowest BCUT2D eigenvalue weighted by atomic mass is 9.95. The van der Waals surface area contributed by atoms with Gasteiger partial charge in [-0.3, -0.25) is 14.4 Å². The number of amides is 3. The summed E-state index contributed by atoms with van der Waals surface area (Å²) in [6.07, 6.45) is -0.141. The second-order valence-corrected chi connectivity index (χ2v) is 10.8. The molecular formula is C27H37F2N11O4. The van der Waals surface area contributed by atoms with E-state index in [1.807, 2.05) is 16.7 Å². The van der Waals surface area contributed by atoms with Crippen LogP contribution in [-0.2, 0) is 19.1 Å². The summed E-state index contributed by atoms with van der Waals surface area (Å²) in [5, 5.41) is 2.76. The predicted molar refractivity (Wildman–Crippen MR) is 155 cm³/mol. The Morgan fingerprint density at radius 3 is 2.14 bits per heavy atom. The van der Waals surface area contributed by atoms with Gasteiger partial charge in [0.15, 0.2) is 5.82 Å². The average Bonchev–Trinajstić information content (AvgIpc) is 3.07. The fourth-order valence-corrected chi connectivity index (χ4v) is 5.46. The largest absolute Gasteiger partial charge is 0.378 e. The smallest absolute Gasteiger partial charge is 0.281 e. The van der Waals surface area contributed by atoms with Crippen molar-refractivity contribution in [1.29, 1.82) is 0 Å². The monoisotopic (exact) mass is 617 g/mol. The number of likely N-dealkylation sites (tertiary alicyclic amines) is 1. The van der Waals surface area contributed by atoms with Crippen LogP contribution in [-0.4, -0.2) is 125 Å². The Balaban J connectivity index is 1.22. The molecule has 3 amide bonds. The van der Waals surface area contributed by atoms with Gasteiger partial charge in [-0.15, -0.1) is 0 Å². The molecule has 0 unspecified atom stereocenters. The highest BCUT2D eigenvalue weighted by Gasteiger charge is 2.29. The van der Waals surface area contributed by atoms with E-state index in [1.54, 1.807) is 9.80 Å². The number of carbonyl (C=O) groups excluding carboxylic acids is 3. The summed E-state index contributed by atoms with van der Waals surface area (Å²) in [4.78, 5) is 65.9. The number of piperazine rings is 1. The Kier molecular flexibility index (Phi) is 9.92. The van der Waals surface area contributed by atoms with Gasteiger partial charge in [0.1, 0.15) is 5.69 Å². The first-order valence-corrected chi connectivity index (χ1v) is 14.8. The van der Waals surface area contributed by atoms with Gasteiger partial charge in [-0.05, 0) is 12.8 Å². The van der Waals surface area contributed by atoms with Crippen LogP contribution in [0, 0.1) is 5.92 Å². The molecule has 0 radical (unpaired) electrons. The summed E-state index contributed by atoms with van der Waals surface area (Å²) in [7, 11) is 0. The fraction of sp³-hybridized carbons (Fsp3) is 0.630. The Labute approximate surface area is 253 Å². The molecule has 44 heavy (non-hydrogen) atoms. The minimum absolute atomic E-state index is 0.00194. The van der Waals surface area contributed by atoms with Crippen molar-refractivity contribution in [2.75, 3.05) is 87.7 Å². The van der Waals surface area contributed by atoms with Crippen LogP contribution >= 0.6 is 0 Å². The Morgan fingerprint density at radius 1 is 0.909 bits per heavy atom. The molecule has 3 fully saturated rings. The molecule has 3 N–H and O–H groups in total. The molecule has 2 aromatic heterocycles. The summed E-state index contributed by atoms with van der Waals surface area (Å²) >= 11 is 0. The minimum Gasteiger partial charge on any atom is -0.378 e. The first-order valence-electron chi connectivity index (χ1n) is 14.8. The lowest BCUT2D eigenvalue weighted by molar-refractivity contribution is -0.136. The maximum absolute atomic E-state index is 13.9. The number of nitrogen functional groups attached to an aromatic ring is 1. The maximum atomic E-state index is 13.9. The van der Waals surface area contributed by atoms with Crippen LogP contribution < -0.4 is 20.9 Å². The molecule has 0 saturated carbocycles. The summed E-state index contributed by atoms with van der Waals surface area (Å²) in [6.45, 7) is 6.25. The zero-order chi connectivity index (χ0) is 31.2. The molecule has 17 heteroatoms. The second-order valence-electron chi connectivity index (χ2n) is 10.8. The van der Waals surface area contributed by atoms with Crippen LogP contribution in [0.2, 0.25) is 0 Å². The minimum atomic E-state index is -2.92. The molecule has 5 heterocycles. The van der Waals surface area contributed by atoms with Crippen LogP contribution in [0.15, 0.2) is 6.20 Å². The van der Waals surface area contributed by atoms with Gasteiger partial charge in [0.05, 0.1) is 25.3 Å². The van der Waals surface area contributed by atoms with Crippen molar-refractivity contribution >= 4 is 35.6 Å². The number of piperidine rings is 1. The Bertz CT molecular complexity index is 1350. The van der Waals surface area contributed by atoms with Crippen LogP contribution in [0.4, 0.5) is 26.6 Å². The van der Waals surface area contributed by atoms with Crippen molar-refractivity contribution in [2.24, 2.45) is 5.92 Å². The quantitative estimate of drug-likeness (QED) is 0.409. The zero-order valence-corrected chi connectivity index (χ0v) is 24.6. The fourth-order valence-electron chi connectivity index (χ4n) is 5.46. The highest BCUT2D eigenvalue weighted by atomic mass is 19.3. The highest BCUT2D eigenvalue weighted by molar-refractivity contribution is 5.86. The third-order valence-electron chi connectivity index (χ3n) is 8.04. The number of hydrogen-bond donors (Lipinski definition) is 2. The number of nitrogens with zero attached hydrogens (tertiary/aromatic N) is 9. The van der Waals surface area contributed by atoms with Gasteiger partial charge in [0, 0.05) is 70.9 Å².